The topological polar surface area (TPSA) is 59.1 Å². The van der Waals surface area contributed by atoms with E-state index in [4.69, 9.17) is 11.6 Å². The van der Waals surface area contributed by atoms with Crippen LogP contribution in [0.15, 0.2) is 27.2 Å². The number of thiophene rings is 1. The molecule has 1 N–H and O–H groups in total. The van der Waals surface area contributed by atoms with Crippen LogP contribution in [-0.2, 0) is 10.0 Å². The molecule has 2 aromatic heterocycles. The van der Waals surface area contributed by atoms with Crippen molar-refractivity contribution in [1.29, 1.82) is 0 Å². The van der Waals surface area contributed by atoms with Gasteiger partial charge in [0.15, 0.2) is 8.68 Å². The number of aromatic nitrogens is 1. The van der Waals surface area contributed by atoms with E-state index in [0.29, 0.717) is 5.69 Å². The van der Waals surface area contributed by atoms with Gasteiger partial charge in [-0.2, -0.15) is 11.3 Å². The molecular weight excluding hydrogens is 276 g/mol. The lowest BCUT2D eigenvalue weighted by atomic mass is 10.6. The van der Waals surface area contributed by atoms with Crippen LogP contribution in [-0.4, -0.2) is 13.4 Å². The van der Waals surface area contributed by atoms with Crippen LogP contribution in [0.5, 0.6) is 0 Å². The molecule has 8 heteroatoms. The summed E-state index contributed by atoms with van der Waals surface area (Å²) in [6.45, 7) is 0. The van der Waals surface area contributed by atoms with E-state index in [0.717, 1.165) is 11.3 Å². The van der Waals surface area contributed by atoms with Crippen LogP contribution in [0.25, 0.3) is 0 Å². The molecule has 0 radical (unpaired) electrons. The Morgan fingerprint density at radius 1 is 1.47 bits per heavy atom. The second-order valence-corrected chi connectivity index (χ2v) is 6.85. The molecule has 15 heavy (non-hydrogen) atoms. The van der Waals surface area contributed by atoms with Crippen LogP contribution >= 0.6 is 34.3 Å². The Morgan fingerprint density at radius 2 is 2.27 bits per heavy atom. The summed E-state index contributed by atoms with van der Waals surface area (Å²) in [5.41, 5.74) is 0.546. The van der Waals surface area contributed by atoms with Crippen molar-refractivity contribution in [1.82, 2.24) is 4.98 Å². The maximum atomic E-state index is 11.7. The van der Waals surface area contributed by atoms with Crippen molar-refractivity contribution in [2.75, 3.05) is 4.72 Å². The van der Waals surface area contributed by atoms with Gasteiger partial charge in [-0.1, -0.05) is 22.9 Å². The van der Waals surface area contributed by atoms with Gasteiger partial charge >= 0.3 is 0 Å². The predicted octanol–water partition coefficient (Wildman–Crippen LogP) is 2.66. The molecule has 4 nitrogen and oxygen atoms in total. The molecule has 2 aromatic rings. The van der Waals surface area contributed by atoms with Crippen molar-refractivity contribution >= 4 is 50.0 Å². The van der Waals surface area contributed by atoms with Gasteiger partial charge in [0.2, 0.25) is 0 Å². The third kappa shape index (κ3) is 2.49. The molecule has 0 fully saturated rings. The molecule has 2 rings (SSSR count). The first-order chi connectivity index (χ1) is 7.08. The number of thiazole rings is 1. The summed E-state index contributed by atoms with van der Waals surface area (Å²) in [5, 5.41) is 3.50. The quantitative estimate of drug-likeness (QED) is 0.940. The van der Waals surface area contributed by atoms with Crippen LogP contribution in [0, 0.1) is 0 Å². The Kier molecular flexibility index (Phi) is 2.96. The summed E-state index contributed by atoms with van der Waals surface area (Å²) < 4.78 is 26.2. The fraction of sp³-hybridized carbons (Fsp3) is 0. The van der Waals surface area contributed by atoms with Crippen molar-refractivity contribution in [3.05, 3.63) is 27.5 Å². The normalized spacial score (nSPS) is 11.5. The zero-order chi connectivity index (χ0) is 10.9. The zero-order valence-corrected chi connectivity index (χ0v) is 10.4. The summed E-state index contributed by atoms with van der Waals surface area (Å²) in [6.07, 6.45) is 1.24. The molecule has 0 aliphatic heterocycles. The van der Waals surface area contributed by atoms with E-state index in [9.17, 15) is 8.42 Å². The molecule has 0 unspecified atom stereocenters. The first-order valence-corrected chi connectivity index (χ1v) is 7.36. The van der Waals surface area contributed by atoms with Crippen LogP contribution in [0.4, 0.5) is 5.69 Å². The maximum Gasteiger partial charge on any atom is 0.273 e. The van der Waals surface area contributed by atoms with Crippen LogP contribution in [0.3, 0.4) is 0 Å². The molecule has 0 bridgehead atoms. The molecule has 0 saturated heterocycles. The molecule has 0 spiro atoms. The van der Waals surface area contributed by atoms with Crippen molar-refractivity contribution in [3.8, 4) is 0 Å². The average molecular weight is 281 g/mol. The molecule has 2 heterocycles. The van der Waals surface area contributed by atoms with Crippen molar-refractivity contribution < 1.29 is 8.42 Å². The van der Waals surface area contributed by atoms with Gasteiger partial charge in [0.1, 0.15) is 0 Å². The van der Waals surface area contributed by atoms with E-state index in [-0.39, 0.29) is 8.68 Å². The smallest absolute Gasteiger partial charge is 0.273 e. The minimum absolute atomic E-state index is 0.110. The Morgan fingerprint density at radius 3 is 2.80 bits per heavy atom. The molecule has 0 atom stereocenters. The van der Waals surface area contributed by atoms with Gasteiger partial charge in [-0.3, -0.25) is 4.72 Å². The second kappa shape index (κ2) is 4.09. The van der Waals surface area contributed by atoms with Gasteiger partial charge in [-0.25, -0.2) is 13.4 Å². The van der Waals surface area contributed by atoms with E-state index in [1.54, 1.807) is 16.8 Å². The Hall–Kier alpha value is -0.630. The van der Waals surface area contributed by atoms with E-state index >= 15 is 0 Å². The molecule has 0 aliphatic carbocycles. The number of nitrogens with one attached hydrogen (secondary N) is 1. The highest BCUT2D eigenvalue weighted by molar-refractivity contribution is 7.94. The second-order valence-electron chi connectivity index (χ2n) is 2.55. The predicted molar refractivity (Wildman–Crippen MR) is 62.3 cm³/mol. The standard InChI is InChI=1S/C7H5ClN2O2S3/c8-7-9-3-6(14-7)15(11,12)10-5-1-2-13-4-5/h1-4,10H. The van der Waals surface area contributed by atoms with Gasteiger partial charge < -0.3 is 0 Å². The lowest BCUT2D eigenvalue weighted by molar-refractivity contribution is 0.603. The summed E-state index contributed by atoms with van der Waals surface area (Å²) in [4.78, 5) is 3.68. The van der Waals surface area contributed by atoms with E-state index in [1.165, 1.54) is 17.5 Å². The maximum absolute atomic E-state index is 11.7. The Labute approximate surface area is 99.6 Å². The molecule has 0 aromatic carbocycles. The number of sulfonamides is 1. The summed E-state index contributed by atoms with van der Waals surface area (Å²) in [5.74, 6) is 0. The zero-order valence-electron chi connectivity index (χ0n) is 7.18. The van der Waals surface area contributed by atoms with Crippen molar-refractivity contribution in [2.24, 2.45) is 0 Å². The number of halogens is 1. The van der Waals surface area contributed by atoms with Gasteiger partial charge in [-0.05, 0) is 11.4 Å². The van der Waals surface area contributed by atoms with E-state index in [2.05, 4.69) is 9.71 Å². The minimum atomic E-state index is -3.53. The van der Waals surface area contributed by atoms with Crippen molar-refractivity contribution in [3.63, 3.8) is 0 Å². The largest absolute Gasteiger partial charge is 0.278 e. The molecule has 0 saturated carbocycles. The molecule has 0 aliphatic rings. The van der Waals surface area contributed by atoms with Gasteiger partial charge in [-0.15, -0.1) is 0 Å². The highest BCUT2D eigenvalue weighted by Gasteiger charge is 2.17. The number of nitrogens with zero attached hydrogens (tertiary/aromatic N) is 1. The third-order valence-electron chi connectivity index (χ3n) is 1.49. The number of hydrogen-bond donors (Lipinski definition) is 1. The lowest BCUT2D eigenvalue weighted by Gasteiger charge is -2.01. The van der Waals surface area contributed by atoms with Gasteiger partial charge in [0.05, 0.1) is 11.9 Å². The van der Waals surface area contributed by atoms with Crippen LogP contribution in [0.1, 0.15) is 0 Å². The summed E-state index contributed by atoms with van der Waals surface area (Å²) >= 11 is 7.90. The Balaban J connectivity index is 2.28. The summed E-state index contributed by atoms with van der Waals surface area (Å²) in [6, 6.07) is 1.69. The first-order valence-electron chi connectivity index (χ1n) is 3.74. The molecule has 0 amide bonds. The highest BCUT2D eigenvalue weighted by Crippen LogP contribution is 2.25. The minimum Gasteiger partial charge on any atom is -0.278 e. The number of hydrogen-bond acceptors (Lipinski definition) is 5. The molecule has 80 valence electrons. The number of rotatable bonds is 3. The monoisotopic (exact) mass is 280 g/mol. The van der Waals surface area contributed by atoms with Crippen LogP contribution in [0.2, 0.25) is 4.47 Å². The van der Waals surface area contributed by atoms with Gasteiger partial charge in [0.25, 0.3) is 10.0 Å². The first kappa shape index (κ1) is 10.9. The highest BCUT2D eigenvalue weighted by atomic mass is 35.5. The molecular formula is C7H5ClN2O2S3. The van der Waals surface area contributed by atoms with Crippen LogP contribution < -0.4 is 4.72 Å². The van der Waals surface area contributed by atoms with E-state index < -0.39 is 10.0 Å². The fourth-order valence-corrected chi connectivity index (χ4v) is 3.90. The fourth-order valence-electron chi connectivity index (χ4n) is 0.891. The average Bonchev–Trinajstić information content (AvgIpc) is 2.75. The van der Waals surface area contributed by atoms with Crippen molar-refractivity contribution in [2.45, 2.75) is 4.21 Å². The number of anilines is 1. The van der Waals surface area contributed by atoms with E-state index in [1.807, 2.05) is 0 Å². The SMILES string of the molecule is O=S(=O)(Nc1ccsc1)c1cnc(Cl)s1. The lowest BCUT2D eigenvalue weighted by Crippen LogP contribution is -2.10. The van der Waals surface area contributed by atoms with Gasteiger partial charge in [0, 0.05) is 5.38 Å². The Bertz CT molecular complexity index is 547. The summed E-state index contributed by atoms with van der Waals surface area (Å²) in [7, 11) is -3.53. The third-order valence-corrected chi connectivity index (χ3v) is 5.14.